The molecule has 0 unspecified atom stereocenters. The molecule has 2 aliphatic rings. The van der Waals surface area contributed by atoms with Crippen molar-refractivity contribution in [3.8, 4) is 12.3 Å². The van der Waals surface area contributed by atoms with Crippen LogP contribution in [0.25, 0.3) is 5.65 Å². The molecule has 1 aromatic carbocycles. The number of hydrogen-bond donors (Lipinski definition) is 1. The van der Waals surface area contributed by atoms with Crippen molar-refractivity contribution in [2.75, 3.05) is 30.8 Å². The molecule has 0 spiro atoms. The Morgan fingerprint density at radius 3 is 2.76 bits per heavy atom. The van der Waals surface area contributed by atoms with E-state index in [1.807, 2.05) is 19.2 Å². The van der Waals surface area contributed by atoms with Gasteiger partial charge in [-0.2, -0.15) is 5.10 Å². The number of hydrogen-bond acceptors (Lipinski definition) is 8. The van der Waals surface area contributed by atoms with Gasteiger partial charge in [0.1, 0.15) is 5.82 Å². The largest absolute Gasteiger partial charge is 0.353 e. The maximum absolute atomic E-state index is 13.8. The number of amides is 1. The molecule has 4 heterocycles. The Balaban J connectivity index is 1.48. The number of aryl methyl sites for hydroxylation is 1. The van der Waals surface area contributed by atoms with Crippen LogP contribution in [0, 0.1) is 25.2 Å². The lowest BCUT2D eigenvalue weighted by atomic mass is 9.98. The number of carbonyl (C=O) groups is 1. The molecule has 2 aliphatic heterocycles. The van der Waals surface area contributed by atoms with E-state index in [0.717, 1.165) is 42.6 Å². The topological polar surface area (TPSA) is 114 Å². The lowest BCUT2D eigenvalue weighted by Crippen LogP contribution is -2.39. The highest BCUT2D eigenvalue weighted by Crippen LogP contribution is 2.36. The van der Waals surface area contributed by atoms with E-state index in [-0.39, 0.29) is 29.5 Å². The Hall–Kier alpha value is -2.78. The lowest BCUT2D eigenvalue weighted by Gasteiger charge is -2.35. The predicted molar refractivity (Wildman–Crippen MR) is 150 cm³/mol. The third-order valence-electron chi connectivity index (χ3n) is 7.02. The number of halogens is 1. The third kappa shape index (κ3) is 5.36. The number of anilines is 1. The van der Waals surface area contributed by atoms with Crippen molar-refractivity contribution < 1.29 is 13.2 Å². The summed E-state index contributed by atoms with van der Waals surface area (Å²) in [6.07, 6.45) is 11.2. The first-order valence-electron chi connectivity index (χ1n) is 12.4. The zero-order chi connectivity index (χ0) is 27.2. The summed E-state index contributed by atoms with van der Waals surface area (Å²) in [4.78, 5) is 22.9. The minimum Gasteiger partial charge on any atom is -0.353 e. The second-order valence-electron chi connectivity index (χ2n) is 9.90. The number of benzene rings is 1. The van der Waals surface area contributed by atoms with E-state index in [0.29, 0.717) is 46.0 Å². The summed E-state index contributed by atoms with van der Waals surface area (Å²) >= 11 is 6.21. The minimum atomic E-state index is -3.43. The molecule has 5 rings (SSSR count). The molecule has 0 saturated carbocycles. The fourth-order valence-corrected chi connectivity index (χ4v) is 7.49. The molecule has 0 aliphatic carbocycles. The number of nitrogens with two attached hydrogens (primary N) is 1. The van der Waals surface area contributed by atoms with E-state index in [1.165, 1.54) is 6.07 Å². The van der Waals surface area contributed by atoms with Crippen molar-refractivity contribution >= 4 is 48.6 Å². The van der Waals surface area contributed by atoms with Crippen LogP contribution in [0.15, 0.2) is 35.4 Å². The normalized spacial score (nSPS) is 22.1. The summed E-state index contributed by atoms with van der Waals surface area (Å²) < 4.78 is 25.7. The van der Waals surface area contributed by atoms with E-state index in [9.17, 15) is 13.2 Å². The van der Waals surface area contributed by atoms with Gasteiger partial charge in [0.15, 0.2) is 5.65 Å². The molecular formula is C26H29ClN6O3S2. The summed E-state index contributed by atoms with van der Waals surface area (Å²) in [5, 5.41) is 5.16. The second-order valence-corrected chi connectivity index (χ2v) is 14.7. The molecule has 3 atom stereocenters. The summed E-state index contributed by atoms with van der Waals surface area (Å²) in [6.45, 7) is 3.80. The summed E-state index contributed by atoms with van der Waals surface area (Å²) in [6, 6.07) is 6.24. The average Bonchev–Trinajstić information content (AvgIpc) is 3.45. The first-order valence-corrected chi connectivity index (χ1v) is 16.0. The van der Waals surface area contributed by atoms with Gasteiger partial charge in [0.25, 0.3) is 5.91 Å². The molecule has 1 amide bonds. The third-order valence-corrected chi connectivity index (χ3v) is 9.54. The van der Waals surface area contributed by atoms with Crippen molar-refractivity contribution in [2.45, 2.75) is 43.2 Å². The van der Waals surface area contributed by atoms with Gasteiger partial charge in [-0.3, -0.25) is 4.79 Å². The predicted octanol–water partition coefficient (Wildman–Crippen LogP) is 3.51. The molecule has 0 radical (unpaired) electrons. The highest BCUT2D eigenvalue weighted by Gasteiger charge is 2.33. The van der Waals surface area contributed by atoms with Crippen molar-refractivity contribution in [1.29, 1.82) is 0 Å². The number of likely N-dealkylation sites (tertiary alicyclic amines) is 1. The van der Waals surface area contributed by atoms with Gasteiger partial charge >= 0.3 is 0 Å². The monoisotopic (exact) mass is 572 g/mol. The van der Waals surface area contributed by atoms with Crippen LogP contribution < -0.4 is 10.6 Å². The number of fused-ring (bicyclic) bond motifs is 1. The Morgan fingerprint density at radius 1 is 1.26 bits per heavy atom. The lowest BCUT2D eigenvalue weighted by molar-refractivity contribution is 0.0602. The van der Waals surface area contributed by atoms with Crippen LogP contribution in [0.5, 0.6) is 0 Å². The van der Waals surface area contributed by atoms with Gasteiger partial charge in [0, 0.05) is 70.5 Å². The maximum Gasteiger partial charge on any atom is 0.255 e. The Bertz CT molecular complexity index is 1550. The van der Waals surface area contributed by atoms with Gasteiger partial charge in [-0.05, 0) is 44.4 Å². The molecule has 2 fully saturated rings. The highest BCUT2D eigenvalue weighted by molar-refractivity contribution is 8.71. The summed E-state index contributed by atoms with van der Waals surface area (Å²) in [7, 11) is -2.77. The molecular weight excluding hydrogens is 544 g/mol. The second kappa shape index (κ2) is 10.4. The van der Waals surface area contributed by atoms with E-state index in [1.54, 1.807) is 21.5 Å². The number of rotatable bonds is 5. The van der Waals surface area contributed by atoms with E-state index in [4.69, 9.17) is 33.8 Å². The molecule has 3 aromatic rings. The van der Waals surface area contributed by atoms with Crippen molar-refractivity contribution in [2.24, 2.45) is 11.7 Å². The molecule has 38 heavy (non-hydrogen) atoms. The minimum absolute atomic E-state index is 0.0213. The maximum atomic E-state index is 13.8. The zero-order valence-corrected chi connectivity index (χ0v) is 23.6. The smallest absolute Gasteiger partial charge is 0.255 e. The van der Waals surface area contributed by atoms with Crippen molar-refractivity contribution in [3.63, 3.8) is 0 Å². The molecule has 200 valence electrons. The number of piperidine rings is 1. The Labute approximate surface area is 231 Å². The average molecular weight is 573 g/mol. The van der Waals surface area contributed by atoms with Gasteiger partial charge in [-0.15, -0.1) is 6.42 Å². The van der Waals surface area contributed by atoms with Crippen molar-refractivity contribution in [3.05, 3.63) is 52.3 Å². The molecule has 12 heteroatoms. The number of aromatic nitrogens is 3. The van der Waals surface area contributed by atoms with Crippen LogP contribution in [0.2, 0.25) is 5.02 Å². The summed E-state index contributed by atoms with van der Waals surface area (Å²) in [5.41, 5.74) is 8.85. The van der Waals surface area contributed by atoms with Crippen LogP contribution >= 0.6 is 22.4 Å². The van der Waals surface area contributed by atoms with Crippen LogP contribution in [0.3, 0.4) is 0 Å². The molecule has 2 saturated heterocycles. The zero-order valence-electron chi connectivity index (χ0n) is 21.2. The fourth-order valence-electron chi connectivity index (χ4n) is 5.22. The summed E-state index contributed by atoms with van der Waals surface area (Å²) in [5.74, 6) is 3.31. The quantitative estimate of drug-likeness (QED) is 0.365. The van der Waals surface area contributed by atoms with Gasteiger partial charge in [-0.1, -0.05) is 17.5 Å². The number of carbonyl (C=O) groups excluding carboxylic acids is 1. The van der Waals surface area contributed by atoms with Crippen LogP contribution in [-0.2, 0) is 8.87 Å². The highest BCUT2D eigenvalue weighted by atomic mass is 35.5. The number of nitrogens with zero attached hydrogens (tertiary/aromatic N) is 5. The van der Waals surface area contributed by atoms with E-state index >= 15 is 0 Å². The van der Waals surface area contributed by atoms with Gasteiger partial charge < -0.3 is 15.5 Å². The van der Waals surface area contributed by atoms with Crippen LogP contribution in [-0.4, -0.2) is 65.8 Å². The number of terminal acetylenes is 1. The molecule has 9 nitrogen and oxygen atoms in total. The SMILES string of the molecule is C#C[C@@H]1CN(c2nc3cc([C@@H]4CCCCN4C(=O)c4cc(Cl)ccc4SS(C)(=O)=O)nn3cc2C)C[C@H]1N. The first kappa shape index (κ1) is 26.8. The van der Waals surface area contributed by atoms with Crippen LogP contribution in [0.4, 0.5) is 5.82 Å². The molecule has 0 bridgehead atoms. The first-order chi connectivity index (χ1) is 18.0. The van der Waals surface area contributed by atoms with Crippen LogP contribution in [0.1, 0.15) is 46.9 Å². The molecule has 2 N–H and O–H groups in total. The van der Waals surface area contributed by atoms with E-state index in [2.05, 4.69) is 10.8 Å². The standard InChI is InChI=1S/C26H29ClN6O3S2/c1-4-17-14-31(15-20(17)28)25-16(2)13-33-24(29-25)12-21(30-33)22-7-5-6-10-32(22)26(34)19-11-18(27)8-9-23(19)37-38(3,35)36/h1,8-9,11-13,17,20,22H,5-7,10,14-15,28H2,2-3H3/t17-,20-,22+/m1/s1. The van der Waals surface area contributed by atoms with Gasteiger partial charge in [-0.25, -0.2) is 17.9 Å². The van der Waals surface area contributed by atoms with Gasteiger partial charge in [0.05, 0.1) is 23.2 Å². The Morgan fingerprint density at radius 2 is 2.05 bits per heavy atom. The van der Waals surface area contributed by atoms with Gasteiger partial charge in [0.2, 0.25) is 8.87 Å². The fraction of sp³-hybridized carbons (Fsp3) is 0.423. The molecule has 2 aromatic heterocycles. The van der Waals surface area contributed by atoms with E-state index < -0.39 is 8.87 Å². The Kier molecular flexibility index (Phi) is 7.35. The van der Waals surface area contributed by atoms with Crippen molar-refractivity contribution in [1.82, 2.24) is 19.5 Å².